The van der Waals surface area contributed by atoms with E-state index < -0.39 is 0 Å². The number of rotatable bonds is 3. The van der Waals surface area contributed by atoms with Crippen molar-refractivity contribution in [3.8, 4) is 11.3 Å². The molecule has 3 rings (SSSR count). The predicted octanol–water partition coefficient (Wildman–Crippen LogP) is 3.84. The molecule has 1 aromatic heterocycles. The van der Waals surface area contributed by atoms with Crippen LogP contribution < -0.4 is 16.4 Å². The van der Waals surface area contributed by atoms with Gasteiger partial charge in [-0.05, 0) is 24.9 Å². The van der Waals surface area contributed by atoms with Gasteiger partial charge in [0.25, 0.3) is 0 Å². The maximum absolute atomic E-state index is 6.22. The molecule has 0 saturated carbocycles. The Balaban J connectivity index is 0.00000100. The smallest absolute Gasteiger partial charge is 0.152 e. The molecule has 0 amide bonds. The third-order valence-electron chi connectivity index (χ3n) is 3.94. The van der Waals surface area contributed by atoms with Gasteiger partial charge in [-0.3, -0.25) is 0 Å². The summed E-state index contributed by atoms with van der Waals surface area (Å²) in [5.74, 6) is 1.62. The summed E-state index contributed by atoms with van der Waals surface area (Å²) >= 11 is 12.3. The topological polar surface area (TPSA) is 81.1 Å². The first kappa shape index (κ1) is 18.8. The third-order valence-corrected chi connectivity index (χ3v) is 4.76. The van der Waals surface area contributed by atoms with Gasteiger partial charge in [0.15, 0.2) is 5.82 Å². The molecule has 1 saturated heterocycles. The van der Waals surface area contributed by atoms with Crippen molar-refractivity contribution in [3.05, 3.63) is 34.4 Å². The van der Waals surface area contributed by atoms with E-state index in [1.165, 1.54) is 0 Å². The van der Waals surface area contributed by atoms with Crippen LogP contribution in [-0.2, 0) is 0 Å². The van der Waals surface area contributed by atoms with Gasteiger partial charge in [-0.1, -0.05) is 49.2 Å². The Kier molecular flexibility index (Phi) is 6.66. The van der Waals surface area contributed by atoms with Crippen LogP contribution in [0.5, 0.6) is 0 Å². The normalized spacial score (nSPS) is 16.7. The Bertz CT molecular complexity index is 693. The molecule has 4 N–H and O–H groups in total. The zero-order chi connectivity index (χ0) is 17.7. The number of halogens is 2. The molecule has 2 heterocycles. The monoisotopic (exact) mass is 367 g/mol. The average Bonchev–Trinajstić information content (AvgIpc) is 3.09. The molecule has 1 aliphatic rings. The minimum absolute atomic E-state index is 0.345. The molecule has 0 bridgehead atoms. The van der Waals surface area contributed by atoms with E-state index in [0.717, 1.165) is 25.3 Å². The first-order valence-corrected chi connectivity index (χ1v) is 8.87. The van der Waals surface area contributed by atoms with Gasteiger partial charge in [0.1, 0.15) is 11.5 Å². The third kappa shape index (κ3) is 3.91. The number of nitrogen functional groups attached to an aromatic ring is 1. The van der Waals surface area contributed by atoms with E-state index in [1.807, 2.05) is 26.0 Å². The molecule has 1 aliphatic heterocycles. The standard InChI is InChI=1S/C15H17Cl2N5.C2H6/c16-11-3-1-2-10(13(11)17)14-15(19)21-12(7-20-14)22-5-4-9(6-18)8-22;1-2/h1-3,7,9H,4-6,8,18H2,(H2,19,21);1-2H3. The molecule has 0 spiro atoms. The van der Waals surface area contributed by atoms with E-state index >= 15 is 0 Å². The Morgan fingerprint density at radius 2 is 2.04 bits per heavy atom. The molecule has 2 aromatic rings. The van der Waals surface area contributed by atoms with Gasteiger partial charge >= 0.3 is 0 Å². The zero-order valence-corrected chi connectivity index (χ0v) is 15.5. The lowest BCUT2D eigenvalue weighted by Crippen LogP contribution is -2.24. The Morgan fingerprint density at radius 1 is 1.29 bits per heavy atom. The highest BCUT2D eigenvalue weighted by atomic mass is 35.5. The van der Waals surface area contributed by atoms with E-state index in [9.17, 15) is 0 Å². The number of nitrogens with two attached hydrogens (primary N) is 2. The fourth-order valence-corrected chi connectivity index (χ4v) is 3.06. The molecule has 1 unspecified atom stereocenters. The van der Waals surface area contributed by atoms with Crippen molar-refractivity contribution in [1.82, 2.24) is 9.97 Å². The van der Waals surface area contributed by atoms with Gasteiger partial charge in [0.2, 0.25) is 0 Å². The summed E-state index contributed by atoms with van der Waals surface area (Å²) in [4.78, 5) is 11.1. The van der Waals surface area contributed by atoms with Crippen molar-refractivity contribution in [1.29, 1.82) is 0 Å². The Morgan fingerprint density at radius 3 is 2.67 bits per heavy atom. The molecule has 24 heavy (non-hydrogen) atoms. The molecule has 7 heteroatoms. The summed E-state index contributed by atoms with van der Waals surface area (Å²) < 4.78 is 0. The molecular formula is C17H23Cl2N5. The van der Waals surface area contributed by atoms with Crippen LogP contribution in [0.1, 0.15) is 20.3 Å². The van der Waals surface area contributed by atoms with Crippen LogP contribution in [-0.4, -0.2) is 29.6 Å². The number of nitrogens with zero attached hydrogens (tertiary/aromatic N) is 3. The Hall–Kier alpha value is -1.56. The SMILES string of the molecule is CC.NCC1CCN(c2cnc(-c3cccc(Cl)c3Cl)c(N)n2)C1. The fraction of sp³-hybridized carbons (Fsp3) is 0.412. The van der Waals surface area contributed by atoms with E-state index in [4.69, 9.17) is 34.7 Å². The molecule has 1 atom stereocenters. The van der Waals surface area contributed by atoms with E-state index in [0.29, 0.717) is 39.6 Å². The molecule has 1 fully saturated rings. The van der Waals surface area contributed by atoms with Crippen molar-refractivity contribution in [2.45, 2.75) is 20.3 Å². The molecule has 5 nitrogen and oxygen atoms in total. The van der Waals surface area contributed by atoms with Crippen molar-refractivity contribution < 1.29 is 0 Å². The van der Waals surface area contributed by atoms with E-state index in [-0.39, 0.29) is 0 Å². The second kappa shape index (κ2) is 8.51. The molecular weight excluding hydrogens is 345 g/mol. The Labute approximate surface area is 153 Å². The second-order valence-electron chi connectivity index (χ2n) is 5.40. The lowest BCUT2D eigenvalue weighted by atomic mass is 10.1. The highest BCUT2D eigenvalue weighted by molar-refractivity contribution is 6.43. The lowest BCUT2D eigenvalue weighted by molar-refractivity contribution is 0.602. The van der Waals surface area contributed by atoms with Gasteiger partial charge in [-0.2, -0.15) is 0 Å². The number of anilines is 2. The fourth-order valence-electron chi connectivity index (χ4n) is 2.67. The molecule has 130 valence electrons. The first-order valence-electron chi connectivity index (χ1n) is 8.12. The highest BCUT2D eigenvalue weighted by Crippen LogP contribution is 2.35. The molecule has 0 radical (unpaired) electrons. The van der Waals surface area contributed by atoms with Crippen molar-refractivity contribution >= 4 is 34.8 Å². The van der Waals surface area contributed by atoms with Crippen LogP contribution in [0.15, 0.2) is 24.4 Å². The summed E-state index contributed by atoms with van der Waals surface area (Å²) in [7, 11) is 0. The van der Waals surface area contributed by atoms with Crippen LogP contribution in [0, 0.1) is 5.92 Å². The lowest BCUT2D eigenvalue weighted by Gasteiger charge is -2.18. The number of benzene rings is 1. The van der Waals surface area contributed by atoms with E-state index in [2.05, 4.69) is 14.9 Å². The second-order valence-corrected chi connectivity index (χ2v) is 6.19. The van der Waals surface area contributed by atoms with Gasteiger partial charge < -0.3 is 16.4 Å². The van der Waals surface area contributed by atoms with Crippen LogP contribution in [0.25, 0.3) is 11.3 Å². The number of hydrogen-bond donors (Lipinski definition) is 2. The molecule has 1 aromatic carbocycles. The number of hydrogen-bond acceptors (Lipinski definition) is 5. The zero-order valence-electron chi connectivity index (χ0n) is 14.0. The first-order chi connectivity index (χ1) is 11.6. The van der Waals surface area contributed by atoms with Crippen LogP contribution in [0.4, 0.5) is 11.6 Å². The van der Waals surface area contributed by atoms with Gasteiger partial charge in [-0.25, -0.2) is 9.97 Å². The quantitative estimate of drug-likeness (QED) is 0.860. The van der Waals surface area contributed by atoms with Crippen molar-refractivity contribution in [3.63, 3.8) is 0 Å². The summed E-state index contributed by atoms with van der Waals surface area (Å²) in [6, 6.07) is 5.36. The maximum Gasteiger partial charge on any atom is 0.152 e. The highest BCUT2D eigenvalue weighted by Gasteiger charge is 2.23. The van der Waals surface area contributed by atoms with Gasteiger partial charge in [-0.15, -0.1) is 0 Å². The van der Waals surface area contributed by atoms with Crippen molar-refractivity contribution in [2.75, 3.05) is 30.3 Å². The summed E-state index contributed by atoms with van der Waals surface area (Å²) in [5, 5.41) is 0.900. The summed E-state index contributed by atoms with van der Waals surface area (Å²) in [6.07, 6.45) is 2.79. The largest absolute Gasteiger partial charge is 0.382 e. The van der Waals surface area contributed by atoms with E-state index in [1.54, 1.807) is 12.3 Å². The summed E-state index contributed by atoms with van der Waals surface area (Å²) in [6.45, 7) is 6.50. The average molecular weight is 368 g/mol. The molecule has 0 aliphatic carbocycles. The van der Waals surface area contributed by atoms with Gasteiger partial charge in [0.05, 0.1) is 16.2 Å². The van der Waals surface area contributed by atoms with Crippen LogP contribution in [0.3, 0.4) is 0 Å². The maximum atomic E-state index is 6.22. The van der Waals surface area contributed by atoms with Crippen LogP contribution in [0.2, 0.25) is 10.0 Å². The minimum Gasteiger partial charge on any atom is -0.382 e. The number of aromatic nitrogens is 2. The van der Waals surface area contributed by atoms with Crippen molar-refractivity contribution in [2.24, 2.45) is 11.7 Å². The van der Waals surface area contributed by atoms with Gasteiger partial charge in [0, 0.05) is 18.7 Å². The van der Waals surface area contributed by atoms with Crippen LogP contribution >= 0.6 is 23.2 Å². The predicted molar refractivity (Wildman–Crippen MR) is 103 cm³/mol. The minimum atomic E-state index is 0.345. The summed E-state index contributed by atoms with van der Waals surface area (Å²) in [5.41, 5.74) is 13.0.